The second kappa shape index (κ2) is 6.44. The van der Waals surface area contributed by atoms with E-state index in [1.54, 1.807) is 0 Å². The molecule has 0 saturated heterocycles. The summed E-state index contributed by atoms with van der Waals surface area (Å²) in [4.78, 5) is 26.7. The van der Waals surface area contributed by atoms with Crippen molar-refractivity contribution in [2.24, 2.45) is 17.4 Å². The average molecular weight is 229 g/mol. The Morgan fingerprint density at radius 2 is 1.94 bits per heavy atom. The molecule has 0 radical (unpaired) electrons. The molecule has 2 amide bonds. The number of hydrogen-bond donors (Lipinski definition) is 3. The zero-order valence-electron chi connectivity index (χ0n) is 9.28. The summed E-state index contributed by atoms with van der Waals surface area (Å²) >= 11 is 0. The van der Waals surface area contributed by atoms with Crippen molar-refractivity contribution in [3.63, 3.8) is 0 Å². The van der Waals surface area contributed by atoms with E-state index in [1.807, 2.05) is 0 Å². The number of carbonyl (C=O) groups is 2. The minimum Gasteiger partial charge on any atom is -0.368 e. The number of rotatable bonds is 4. The van der Waals surface area contributed by atoms with E-state index in [0.717, 1.165) is 32.1 Å². The molecule has 0 aliphatic heterocycles. The maximum atomic E-state index is 11.7. The molecule has 0 aromatic heterocycles. The third kappa shape index (κ3) is 4.16. The van der Waals surface area contributed by atoms with Gasteiger partial charge in [-0.3, -0.25) is 14.4 Å². The van der Waals surface area contributed by atoms with Gasteiger partial charge in [0.1, 0.15) is 0 Å². The lowest BCUT2D eigenvalue weighted by Gasteiger charge is -2.19. The maximum Gasteiger partial charge on any atom is 0.248 e. The number of hydroxylamine groups is 1. The first-order valence-corrected chi connectivity index (χ1v) is 5.57. The lowest BCUT2D eigenvalue weighted by atomic mass is 9.95. The zero-order chi connectivity index (χ0) is 12.0. The van der Waals surface area contributed by atoms with E-state index in [1.165, 1.54) is 0 Å². The van der Waals surface area contributed by atoms with Crippen LogP contribution in [0, 0.1) is 5.92 Å². The van der Waals surface area contributed by atoms with Gasteiger partial charge in [-0.1, -0.05) is 19.3 Å². The zero-order valence-corrected chi connectivity index (χ0v) is 9.28. The van der Waals surface area contributed by atoms with Crippen LogP contribution in [0.1, 0.15) is 32.1 Å². The summed E-state index contributed by atoms with van der Waals surface area (Å²) in [6, 6.07) is -0.125. The van der Waals surface area contributed by atoms with Gasteiger partial charge in [-0.2, -0.15) is 0 Å². The van der Waals surface area contributed by atoms with Crippen molar-refractivity contribution < 1.29 is 14.4 Å². The Morgan fingerprint density at radius 3 is 2.62 bits per heavy atom. The summed E-state index contributed by atoms with van der Waals surface area (Å²) in [5, 5.41) is 0. The highest BCUT2D eigenvalue weighted by atomic mass is 16.7. The summed E-state index contributed by atoms with van der Waals surface area (Å²) < 4.78 is 0. The molecule has 0 spiro atoms. The quantitative estimate of drug-likeness (QED) is 0.443. The molecule has 0 aromatic rings. The van der Waals surface area contributed by atoms with E-state index in [0.29, 0.717) is 0 Å². The first kappa shape index (κ1) is 12.9. The van der Waals surface area contributed by atoms with Crippen LogP contribution in [0.15, 0.2) is 0 Å². The third-order valence-corrected chi connectivity index (χ3v) is 2.79. The van der Waals surface area contributed by atoms with Gasteiger partial charge in [0, 0.05) is 6.04 Å². The molecule has 1 aliphatic rings. The lowest BCUT2D eigenvalue weighted by Crippen LogP contribution is -2.42. The van der Waals surface area contributed by atoms with Crippen molar-refractivity contribution in [2.45, 2.75) is 38.1 Å². The molecule has 0 aromatic carbocycles. The highest BCUT2D eigenvalue weighted by molar-refractivity contribution is 5.79. The Morgan fingerprint density at radius 1 is 1.25 bits per heavy atom. The average Bonchev–Trinajstić information content (AvgIpc) is 2.42. The topological polar surface area (TPSA) is 107 Å². The predicted octanol–water partition coefficient (Wildman–Crippen LogP) is -0.573. The molecule has 0 heterocycles. The fourth-order valence-corrected chi connectivity index (χ4v) is 1.92. The van der Waals surface area contributed by atoms with Gasteiger partial charge >= 0.3 is 0 Å². The fraction of sp³-hybridized carbons (Fsp3) is 0.800. The van der Waals surface area contributed by atoms with Crippen molar-refractivity contribution in [1.82, 2.24) is 5.48 Å². The van der Waals surface area contributed by atoms with Gasteiger partial charge in [0.2, 0.25) is 11.8 Å². The summed E-state index contributed by atoms with van der Waals surface area (Å²) in [6.45, 7) is -0.312. The molecule has 6 nitrogen and oxygen atoms in total. The van der Waals surface area contributed by atoms with Crippen molar-refractivity contribution in [3.8, 4) is 0 Å². The Labute approximate surface area is 94.6 Å². The second-order valence-electron chi connectivity index (χ2n) is 4.13. The summed E-state index contributed by atoms with van der Waals surface area (Å²) in [6.07, 6.45) is 4.80. The van der Waals surface area contributed by atoms with Crippen molar-refractivity contribution >= 4 is 11.8 Å². The van der Waals surface area contributed by atoms with Crippen LogP contribution in [0.3, 0.4) is 0 Å². The molecule has 1 rings (SSSR count). The van der Waals surface area contributed by atoms with Gasteiger partial charge in [-0.25, -0.2) is 5.48 Å². The van der Waals surface area contributed by atoms with Crippen LogP contribution in [-0.4, -0.2) is 24.5 Å². The van der Waals surface area contributed by atoms with Gasteiger partial charge in [0.05, 0.1) is 5.92 Å². The lowest BCUT2D eigenvalue weighted by molar-refractivity contribution is -0.141. The van der Waals surface area contributed by atoms with Crippen LogP contribution in [0.4, 0.5) is 0 Å². The number of hydrogen-bond acceptors (Lipinski definition) is 4. The second-order valence-corrected chi connectivity index (χ2v) is 4.13. The van der Waals surface area contributed by atoms with Crippen LogP contribution in [0.2, 0.25) is 0 Å². The molecule has 6 heteroatoms. The van der Waals surface area contributed by atoms with E-state index in [4.69, 9.17) is 11.5 Å². The van der Waals surface area contributed by atoms with E-state index in [2.05, 4.69) is 10.3 Å². The highest BCUT2D eigenvalue weighted by Crippen LogP contribution is 2.22. The van der Waals surface area contributed by atoms with Crippen LogP contribution in [-0.2, 0) is 14.4 Å². The van der Waals surface area contributed by atoms with Crippen LogP contribution in [0.5, 0.6) is 0 Å². The van der Waals surface area contributed by atoms with Gasteiger partial charge in [-0.05, 0) is 12.8 Å². The van der Waals surface area contributed by atoms with Crippen LogP contribution < -0.4 is 16.9 Å². The first-order chi connectivity index (χ1) is 7.61. The molecule has 1 aliphatic carbocycles. The largest absolute Gasteiger partial charge is 0.368 e. The number of amides is 2. The maximum absolute atomic E-state index is 11.7. The van der Waals surface area contributed by atoms with Gasteiger partial charge in [0.15, 0.2) is 6.61 Å². The monoisotopic (exact) mass is 229 g/mol. The standard InChI is InChI=1S/C10H19N3O3/c11-8-5-3-1-2-4-7(8)10(15)13-16-6-9(12)14/h7-8H,1-6,11H2,(H2,12,14)(H,13,15). The molecule has 2 atom stereocenters. The van der Waals surface area contributed by atoms with E-state index in [-0.39, 0.29) is 24.5 Å². The van der Waals surface area contributed by atoms with Gasteiger partial charge in [-0.15, -0.1) is 0 Å². The molecule has 92 valence electrons. The molecular formula is C10H19N3O3. The van der Waals surface area contributed by atoms with Crippen molar-refractivity contribution in [3.05, 3.63) is 0 Å². The minimum absolute atomic E-state index is 0.125. The van der Waals surface area contributed by atoms with Crippen molar-refractivity contribution in [2.75, 3.05) is 6.61 Å². The summed E-state index contributed by atoms with van der Waals surface area (Å²) in [5.74, 6) is -1.10. The van der Waals surface area contributed by atoms with Crippen LogP contribution in [0.25, 0.3) is 0 Å². The summed E-state index contributed by atoms with van der Waals surface area (Å²) in [5.41, 5.74) is 13.0. The molecule has 5 N–H and O–H groups in total. The smallest absolute Gasteiger partial charge is 0.248 e. The molecule has 0 bridgehead atoms. The molecular weight excluding hydrogens is 210 g/mol. The van der Waals surface area contributed by atoms with Gasteiger partial charge < -0.3 is 11.5 Å². The van der Waals surface area contributed by atoms with Crippen LogP contribution >= 0.6 is 0 Å². The predicted molar refractivity (Wildman–Crippen MR) is 57.8 cm³/mol. The Kier molecular flexibility index (Phi) is 5.21. The number of nitrogens with one attached hydrogen (secondary N) is 1. The minimum atomic E-state index is -0.620. The normalized spacial score (nSPS) is 25.8. The van der Waals surface area contributed by atoms with Gasteiger partial charge in [0.25, 0.3) is 0 Å². The molecule has 1 saturated carbocycles. The van der Waals surface area contributed by atoms with E-state index >= 15 is 0 Å². The Bertz CT molecular complexity index is 258. The molecule has 16 heavy (non-hydrogen) atoms. The highest BCUT2D eigenvalue weighted by Gasteiger charge is 2.27. The fourth-order valence-electron chi connectivity index (χ4n) is 1.92. The number of carbonyl (C=O) groups excluding carboxylic acids is 2. The Balaban J connectivity index is 2.35. The summed E-state index contributed by atoms with van der Waals surface area (Å²) in [7, 11) is 0. The van der Waals surface area contributed by atoms with Crippen molar-refractivity contribution in [1.29, 1.82) is 0 Å². The number of nitrogens with two attached hydrogens (primary N) is 2. The molecule has 1 fully saturated rings. The number of primary amides is 1. The van der Waals surface area contributed by atoms with E-state index in [9.17, 15) is 9.59 Å². The SMILES string of the molecule is NC(=O)CONC(=O)C1CCCCCC1N. The third-order valence-electron chi connectivity index (χ3n) is 2.79. The van der Waals surface area contributed by atoms with E-state index < -0.39 is 5.91 Å². The first-order valence-electron chi connectivity index (χ1n) is 5.57. The Hall–Kier alpha value is -1.14. The molecule has 2 unspecified atom stereocenters.